The number of aryl methyl sites for hydroxylation is 1. The van der Waals surface area contributed by atoms with E-state index < -0.39 is 12.1 Å². The standard InChI is InChI=1S/C44H51N11O6/c1-3-18-54-43(60)33-26-46-44(50-41(33)55(54)38-15-8-29-7-14-37(57)40(29)48-38)47-31-9-11-32(12-10-31)53-21-19-52(20-22-53)23-25-61-24-17-45-35-6-4-5-30(28-56)34(35)27-51(2)36-13-16-39(58)49-42(36)59/h3-6,8-12,15,26,28,36-37,45,57H,1,7,13-14,16-25,27H2,2H3,(H,46,47,50)(H,49,58,59). The second-order valence-corrected chi connectivity index (χ2v) is 15.6. The highest BCUT2D eigenvalue weighted by atomic mass is 16.5. The molecule has 2 saturated heterocycles. The van der Waals surface area contributed by atoms with Gasteiger partial charge in [0.05, 0.1) is 37.6 Å². The first-order chi connectivity index (χ1) is 29.7. The molecule has 2 aliphatic heterocycles. The molecule has 3 aromatic heterocycles. The molecule has 0 spiro atoms. The number of carbonyl (C=O) groups excluding carboxylic acids is 3. The van der Waals surface area contributed by atoms with Crippen LogP contribution < -0.4 is 26.4 Å². The van der Waals surface area contributed by atoms with Gasteiger partial charge in [-0.1, -0.05) is 24.3 Å². The first-order valence-corrected chi connectivity index (χ1v) is 20.8. The number of nitrogens with zero attached hydrogens (tertiary/aromatic N) is 8. The highest BCUT2D eigenvalue weighted by molar-refractivity contribution is 6.00. The van der Waals surface area contributed by atoms with Crippen LogP contribution in [-0.2, 0) is 33.8 Å². The molecule has 3 aliphatic rings. The Kier molecular flexibility index (Phi) is 12.6. The fraction of sp³-hybridized carbons (Fsp3) is 0.386. The molecule has 17 nitrogen and oxygen atoms in total. The average Bonchev–Trinajstić information content (AvgIpc) is 3.77. The molecule has 2 atom stereocenters. The highest BCUT2D eigenvalue weighted by Crippen LogP contribution is 2.31. The fourth-order valence-corrected chi connectivity index (χ4v) is 8.34. The fourth-order valence-electron chi connectivity index (χ4n) is 8.34. The number of carbonyl (C=O) groups is 3. The lowest BCUT2D eigenvalue weighted by Gasteiger charge is -2.36. The van der Waals surface area contributed by atoms with E-state index in [4.69, 9.17) is 14.7 Å². The Labute approximate surface area is 353 Å². The van der Waals surface area contributed by atoms with Crippen molar-refractivity contribution in [1.82, 2.24) is 39.4 Å². The van der Waals surface area contributed by atoms with E-state index in [9.17, 15) is 24.3 Å². The van der Waals surface area contributed by atoms with Crippen molar-refractivity contribution in [2.45, 2.75) is 50.9 Å². The second kappa shape index (κ2) is 18.6. The lowest BCUT2D eigenvalue weighted by atomic mass is 10.0. The number of anilines is 4. The molecular weight excluding hydrogens is 779 g/mol. The SMILES string of the molecule is C=CCn1c(=O)c2cnc(Nc3ccc(N4CCN(CCOCCNc5cccc(C=O)c5CN(C)C5CCC(=O)NC5=O)CC4)cc3)nc2n1-c1ccc2c(n1)C(O)CC2. The summed E-state index contributed by atoms with van der Waals surface area (Å²) in [5.74, 6) is 0.264. The zero-order chi connectivity index (χ0) is 42.5. The van der Waals surface area contributed by atoms with Gasteiger partial charge in [-0.3, -0.25) is 34.3 Å². The molecular formula is C44H51N11O6. The number of allylic oxidation sites excluding steroid dienone is 1. The van der Waals surface area contributed by atoms with Crippen LogP contribution in [-0.4, -0.2) is 123 Å². The van der Waals surface area contributed by atoms with E-state index in [0.717, 1.165) is 73.6 Å². The maximum Gasteiger partial charge on any atom is 0.278 e. The summed E-state index contributed by atoms with van der Waals surface area (Å²) < 4.78 is 9.18. The molecule has 2 unspecified atom stereocenters. The maximum absolute atomic E-state index is 13.4. The van der Waals surface area contributed by atoms with Crippen molar-refractivity contribution in [1.29, 1.82) is 0 Å². The third-order valence-electron chi connectivity index (χ3n) is 11.7. The van der Waals surface area contributed by atoms with Crippen molar-refractivity contribution in [3.05, 3.63) is 106 Å². The summed E-state index contributed by atoms with van der Waals surface area (Å²) in [6, 6.07) is 17.0. The lowest BCUT2D eigenvalue weighted by Crippen LogP contribution is -2.51. The van der Waals surface area contributed by atoms with Crippen molar-refractivity contribution >= 4 is 52.1 Å². The number of ether oxygens (including phenoxy) is 1. The molecule has 2 fully saturated rings. The molecule has 2 aromatic carbocycles. The minimum atomic E-state index is -0.636. The summed E-state index contributed by atoms with van der Waals surface area (Å²) >= 11 is 0. The van der Waals surface area contributed by atoms with Gasteiger partial charge >= 0.3 is 0 Å². The number of aromatic nitrogens is 5. The van der Waals surface area contributed by atoms with Crippen LogP contribution in [0.25, 0.3) is 16.9 Å². The summed E-state index contributed by atoms with van der Waals surface area (Å²) in [6.07, 6.45) is 5.49. The molecule has 61 heavy (non-hydrogen) atoms. The van der Waals surface area contributed by atoms with Crippen LogP contribution >= 0.6 is 0 Å². The van der Waals surface area contributed by atoms with E-state index >= 15 is 0 Å². The van der Waals surface area contributed by atoms with Crippen molar-refractivity contribution in [3.8, 4) is 5.82 Å². The Balaban J connectivity index is 0.805. The third kappa shape index (κ3) is 9.10. The van der Waals surface area contributed by atoms with Crippen LogP contribution in [0.1, 0.15) is 52.5 Å². The smallest absolute Gasteiger partial charge is 0.278 e. The normalized spacial score (nSPS) is 18.0. The lowest BCUT2D eigenvalue weighted by molar-refractivity contribution is -0.137. The van der Waals surface area contributed by atoms with Gasteiger partial charge in [0.2, 0.25) is 17.8 Å². The molecule has 0 saturated carbocycles. The highest BCUT2D eigenvalue weighted by Gasteiger charge is 2.31. The number of piperidine rings is 1. The van der Waals surface area contributed by atoms with Crippen LogP contribution in [0.3, 0.4) is 0 Å². The van der Waals surface area contributed by atoms with Crippen LogP contribution in [0.4, 0.5) is 23.0 Å². The predicted octanol–water partition coefficient (Wildman–Crippen LogP) is 3.19. The van der Waals surface area contributed by atoms with Gasteiger partial charge in [0.15, 0.2) is 11.5 Å². The Bertz CT molecular complexity index is 2480. The number of nitrogens with one attached hydrogen (secondary N) is 3. The summed E-state index contributed by atoms with van der Waals surface area (Å²) in [7, 11) is 1.83. The summed E-state index contributed by atoms with van der Waals surface area (Å²) in [6.45, 7) is 10.5. The number of aldehydes is 1. The molecule has 8 rings (SSSR count). The Morgan fingerprint density at radius 2 is 1.82 bits per heavy atom. The Morgan fingerprint density at radius 1 is 1.00 bits per heavy atom. The van der Waals surface area contributed by atoms with Gasteiger partial charge in [-0.2, -0.15) is 4.98 Å². The van der Waals surface area contributed by atoms with E-state index in [2.05, 4.69) is 49.4 Å². The number of imide groups is 1. The molecule has 2 amide bonds. The van der Waals surface area contributed by atoms with Crippen molar-refractivity contribution in [2.75, 3.05) is 75.1 Å². The van der Waals surface area contributed by atoms with Crippen LogP contribution in [0.2, 0.25) is 0 Å². The average molecular weight is 830 g/mol. The molecule has 5 aromatic rings. The number of aliphatic hydroxyl groups excluding tert-OH is 1. The molecule has 1 aliphatic carbocycles. The molecule has 17 heteroatoms. The van der Waals surface area contributed by atoms with E-state index in [1.807, 2.05) is 48.3 Å². The summed E-state index contributed by atoms with van der Waals surface area (Å²) in [5, 5.41) is 19.9. The molecule has 4 N–H and O–H groups in total. The van der Waals surface area contributed by atoms with Gasteiger partial charge in [-0.15, -0.1) is 6.58 Å². The zero-order valence-corrected chi connectivity index (χ0v) is 34.3. The zero-order valence-electron chi connectivity index (χ0n) is 34.3. The maximum atomic E-state index is 13.4. The van der Waals surface area contributed by atoms with Gasteiger partial charge < -0.3 is 25.4 Å². The minimum absolute atomic E-state index is 0.250. The van der Waals surface area contributed by atoms with Crippen LogP contribution in [0.15, 0.2) is 78.2 Å². The molecule has 318 valence electrons. The van der Waals surface area contributed by atoms with Crippen molar-refractivity contribution < 1.29 is 24.2 Å². The van der Waals surface area contributed by atoms with Gasteiger partial charge in [0.1, 0.15) is 11.7 Å². The summed E-state index contributed by atoms with van der Waals surface area (Å²) in [4.78, 5) is 69.9. The van der Waals surface area contributed by atoms with Gasteiger partial charge in [0.25, 0.3) is 5.56 Å². The molecule has 0 bridgehead atoms. The van der Waals surface area contributed by atoms with Crippen LogP contribution in [0.5, 0.6) is 0 Å². The topological polar surface area (TPSA) is 192 Å². The van der Waals surface area contributed by atoms with Gasteiger partial charge in [0, 0.05) is 81.1 Å². The Hall–Kier alpha value is -6.27. The van der Waals surface area contributed by atoms with E-state index in [-0.39, 0.29) is 23.9 Å². The van der Waals surface area contributed by atoms with Crippen molar-refractivity contribution in [3.63, 3.8) is 0 Å². The van der Waals surface area contributed by atoms with Crippen LogP contribution in [0, 0.1) is 0 Å². The van der Waals surface area contributed by atoms with E-state index in [1.165, 1.54) is 10.9 Å². The quantitative estimate of drug-likeness (QED) is 0.0463. The van der Waals surface area contributed by atoms with Gasteiger partial charge in [-0.25, -0.2) is 19.3 Å². The Morgan fingerprint density at radius 3 is 2.59 bits per heavy atom. The largest absolute Gasteiger partial charge is 0.387 e. The number of hydrogen-bond acceptors (Lipinski definition) is 14. The third-order valence-corrected chi connectivity index (χ3v) is 11.7. The number of aliphatic hydroxyl groups is 1. The van der Waals surface area contributed by atoms with E-state index in [0.29, 0.717) is 79.6 Å². The number of pyridine rings is 1. The first kappa shape index (κ1) is 41.5. The number of rotatable bonds is 17. The first-order valence-electron chi connectivity index (χ1n) is 20.8. The van der Waals surface area contributed by atoms with Crippen molar-refractivity contribution in [2.24, 2.45) is 0 Å². The predicted molar refractivity (Wildman–Crippen MR) is 232 cm³/mol. The van der Waals surface area contributed by atoms with E-state index in [1.54, 1.807) is 16.8 Å². The molecule has 0 radical (unpaired) electrons. The number of likely N-dealkylation sites (N-methyl/N-ethyl adjacent to an activating group) is 1. The number of hydrogen-bond donors (Lipinski definition) is 4. The number of piperazine rings is 1. The number of amides is 2. The molecule has 5 heterocycles. The summed E-state index contributed by atoms with van der Waals surface area (Å²) in [5.41, 5.74) is 5.88. The van der Waals surface area contributed by atoms with Gasteiger partial charge in [-0.05, 0) is 73.8 Å². The second-order valence-electron chi connectivity index (χ2n) is 15.6. The number of fused-ring (bicyclic) bond motifs is 2. The minimum Gasteiger partial charge on any atom is -0.387 e. The number of benzene rings is 2. The monoisotopic (exact) mass is 829 g/mol.